The van der Waals surface area contributed by atoms with Crippen LogP contribution in [0.15, 0.2) is 62.7 Å². The number of aliphatic imine (C=N–C) groups is 1. The molecule has 0 saturated heterocycles. The van der Waals surface area contributed by atoms with Crippen LogP contribution in [0.2, 0.25) is 0 Å². The summed E-state index contributed by atoms with van der Waals surface area (Å²) in [7, 11) is 0. The molecular weight excluding hydrogens is 455 g/mol. The molecule has 7 heteroatoms. The topological polar surface area (TPSA) is 75.6 Å². The van der Waals surface area contributed by atoms with Gasteiger partial charge in [0, 0.05) is 25.1 Å². The minimum atomic E-state index is 0. The zero-order chi connectivity index (χ0) is 18.2. The lowest BCUT2D eigenvalue weighted by Crippen LogP contribution is -2.38. The smallest absolute Gasteiger partial charge is 0.216 e. The van der Waals surface area contributed by atoms with Gasteiger partial charge in [-0.3, -0.25) is 0 Å². The van der Waals surface area contributed by atoms with Crippen molar-refractivity contribution >= 4 is 29.9 Å². The Balaban J connectivity index is 0.00000261. The molecule has 0 aliphatic rings. The molecule has 144 valence electrons. The Kier molecular flexibility index (Phi) is 8.38. The van der Waals surface area contributed by atoms with Gasteiger partial charge in [-0.15, -0.1) is 24.0 Å². The van der Waals surface area contributed by atoms with Crippen LogP contribution in [0.4, 0.5) is 0 Å². The Morgan fingerprint density at radius 1 is 1.15 bits per heavy atom. The molecule has 0 radical (unpaired) electrons. The number of aromatic nitrogens is 1. The maximum absolute atomic E-state index is 5.81. The van der Waals surface area contributed by atoms with Gasteiger partial charge in [-0.05, 0) is 26.0 Å². The molecule has 1 aromatic carbocycles. The van der Waals surface area contributed by atoms with Gasteiger partial charge >= 0.3 is 0 Å². The third-order valence-corrected chi connectivity index (χ3v) is 3.85. The number of nitrogens with zero attached hydrogens (tertiary/aromatic N) is 2. The van der Waals surface area contributed by atoms with E-state index in [0.29, 0.717) is 12.4 Å². The average molecular weight is 480 g/mol. The van der Waals surface area contributed by atoms with Crippen molar-refractivity contribution in [1.82, 2.24) is 15.6 Å². The van der Waals surface area contributed by atoms with Crippen molar-refractivity contribution in [3.05, 3.63) is 66.1 Å². The number of rotatable bonds is 7. The van der Waals surface area contributed by atoms with E-state index in [2.05, 4.69) is 39.7 Å². The zero-order valence-corrected chi connectivity index (χ0v) is 17.9. The highest BCUT2D eigenvalue weighted by Gasteiger charge is 2.06. The summed E-state index contributed by atoms with van der Waals surface area (Å²) in [5.41, 5.74) is 2.23. The van der Waals surface area contributed by atoms with Crippen molar-refractivity contribution in [3.63, 3.8) is 0 Å². The van der Waals surface area contributed by atoms with Crippen LogP contribution in [-0.2, 0) is 13.0 Å². The Morgan fingerprint density at radius 2 is 1.96 bits per heavy atom. The third kappa shape index (κ3) is 6.42. The van der Waals surface area contributed by atoms with Crippen molar-refractivity contribution in [3.8, 4) is 11.3 Å². The van der Waals surface area contributed by atoms with Crippen LogP contribution in [0, 0.1) is 6.92 Å². The summed E-state index contributed by atoms with van der Waals surface area (Å²) < 4.78 is 11.1. The number of guanidine groups is 1. The van der Waals surface area contributed by atoms with E-state index >= 15 is 0 Å². The van der Waals surface area contributed by atoms with Crippen molar-refractivity contribution in [2.45, 2.75) is 26.8 Å². The number of benzene rings is 1. The third-order valence-electron chi connectivity index (χ3n) is 3.85. The van der Waals surface area contributed by atoms with Crippen LogP contribution in [0.25, 0.3) is 11.3 Å². The van der Waals surface area contributed by atoms with E-state index < -0.39 is 0 Å². The van der Waals surface area contributed by atoms with Gasteiger partial charge in [0.1, 0.15) is 12.3 Å². The van der Waals surface area contributed by atoms with E-state index in [-0.39, 0.29) is 24.0 Å². The van der Waals surface area contributed by atoms with Gasteiger partial charge in [-0.1, -0.05) is 29.8 Å². The summed E-state index contributed by atoms with van der Waals surface area (Å²) in [4.78, 5) is 8.85. The summed E-state index contributed by atoms with van der Waals surface area (Å²) in [6.07, 6.45) is 4.23. The SMILES string of the molecule is CCNC(=NCc1ncc(-c2ccc(C)cc2)o1)NCCc1ccco1.I. The fourth-order valence-corrected chi connectivity index (χ4v) is 2.48. The van der Waals surface area contributed by atoms with Crippen LogP contribution >= 0.6 is 24.0 Å². The standard InChI is InChI=1S/C20H24N4O2.HI/c1-3-21-20(22-11-10-17-5-4-12-25-17)24-14-19-23-13-18(26-19)16-8-6-15(2)7-9-16;/h4-9,12-13H,3,10-11,14H2,1-2H3,(H2,21,22,24);1H. The molecule has 0 saturated carbocycles. The summed E-state index contributed by atoms with van der Waals surface area (Å²) in [5, 5.41) is 6.50. The lowest BCUT2D eigenvalue weighted by molar-refractivity contribution is 0.504. The lowest BCUT2D eigenvalue weighted by atomic mass is 10.1. The second-order valence-corrected chi connectivity index (χ2v) is 5.94. The fraction of sp³-hybridized carbons (Fsp3) is 0.300. The van der Waals surface area contributed by atoms with Gasteiger partial charge in [0.15, 0.2) is 11.7 Å². The van der Waals surface area contributed by atoms with Crippen molar-refractivity contribution in [1.29, 1.82) is 0 Å². The number of furan rings is 1. The number of hydrogen-bond donors (Lipinski definition) is 2. The van der Waals surface area contributed by atoms with Crippen LogP contribution in [0.5, 0.6) is 0 Å². The normalized spacial score (nSPS) is 11.1. The van der Waals surface area contributed by atoms with Gasteiger partial charge in [0.25, 0.3) is 0 Å². The predicted octanol–water partition coefficient (Wildman–Crippen LogP) is 4.16. The quantitative estimate of drug-likeness (QED) is 0.302. The second kappa shape index (κ2) is 10.8. The van der Waals surface area contributed by atoms with Gasteiger partial charge < -0.3 is 19.5 Å². The first-order valence-corrected chi connectivity index (χ1v) is 8.81. The molecule has 0 aliphatic carbocycles. The molecule has 0 unspecified atom stereocenters. The molecule has 0 spiro atoms. The Hall–Kier alpha value is -2.29. The molecule has 2 aromatic heterocycles. The molecule has 0 aliphatic heterocycles. The first kappa shape index (κ1) is 21.0. The van der Waals surface area contributed by atoms with Crippen molar-refractivity contribution in [2.24, 2.45) is 4.99 Å². The highest BCUT2D eigenvalue weighted by Crippen LogP contribution is 2.20. The molecule has 6 nitrogen and oxygen atoms in total. The molecule has 3 rings (SSSR count). The highest BCUT2D eigenvalue weighted by molar-refractivity contribution is 14.0. The Morgan fingerprint density at radius 3 is 2.67 bits per heavy atom. The maximum atomic E-state index is 5.81. The molecule has 0 fully saturated rings. The molecule has 2 N–H and O–H groups in total. The molecule has 2 heterocycles. The summed E-state index contributed by atoms with van der Waals surface area (Å²) >= 11 is 0. The molecule has 0 amide bonds. The van der Waals surface area contributed by atoms with E-state index in [9.17, 15) is 0 Å². The van der Waals surface area contributed by atoms with Gasteiger partial charge in [-0.2, -0.15) is 0 Å². The van der Waals surface area contributed by atoms with Crippen LogP contribution in [-0.4, -0.2) is 24.0 Å². The Bertz CT molecular complexity index is 826. The van der Waals surface area contributed by atoms with E-state index in [1.807, 2.05) is 31.2 Å². The minimum absolute atomic E-state index is 0. The average Bonchev–Trinajstić information content (AvgIpc) is 3.32. The molecule has 0 bridgehead atoms. The summed E-state index contributed by atoms with van der Waals surface area (Å²) in [6, 6.07) is 12.0. The highest BCUT2D eigenvalue weighted by atomic mass is 127. The fourth-order valence-electron chi connectivity index (χ4n) is 2.48. The van der Waals surface area contributed by atoms with Gasteiger partial charge in [0.2, 0.25) is 5.89 Å². The van der Waals surface area contributed by atoms with Gasteiger partial charge in [-0.25, -0.2) is 9.98 Å². The van der Waals surface area contributed by atoms with Crippen LogP contribution < -0.4 is 10.6 Å². The predicted molar refractivity (Wildman–Crippen MR) is 117 cm³/mol. The summed E-state index contributed by atoms with van der Waals surface area (Å²) in [5.74, 6) is 3.02. The molecule has 3 aromatic rings. The number of nitrogens with one attached hydrogen (secondary N) is 2. The van der Waals surface area contributed by atoms with E-state index in [0.717, 1.165) is 42.6 Å². The van der Waals surface area contributed by atoms with E-state index in [4.69, 9.17) is 8.83 Å². The lowest BCUT2D eigenvalue weighted by Gasteiger charge is -2.09. The van der Waals surface area contributed by atoms with E-state index in [1.165, 1.54) is 5.56 Å². The molecule has 27 heavy (non-hydrogen) atoms. The number of hydrogen-bond acceptors (Lipinski definition) is 4. The van der Waals surface area contributed by atoms with Crippen molar-refractivity contribution < 1.29 is 8.83 Å². The first-order chi connectivity index (χ1) is 12.7. The number of halogens is 1. The molecule has 0 atom stereocenters. The van der Waals surface area contributed by atoms with Crippen LogP contribution in [0.3, 0.4) is 0 Å². The number of oxazole rings is 1. The Labute approximate surface area is 176 Å². The largest absolute Gasteiger partial charge is 0.469 e. The minimum Gasteiger partial charge on any atom is -0.469 e. The number of aryl methyl sites for hydroxylation is 1. The monoisotopic (exact) mass is 480 g/mol. The maximum Gasteiger partial charge on any atom is 0.216 e. The zero-order valence-electron chi connectivity index (χ0n) is 15.6. The second-order valence-electron chi connectivity index (χ2n) is 5.94. The molecular formula is C20H25IN4O2. The van der Waals surface area contributed by atoms with E-state index in [1.54, 1.807) is 12.5 Å². The van der Waals surface area contributed by atoms with Gasteiger partial charge in [0.05, 0.1) is 12.5 Å². The van der Waals surface area contributed by atoms with Crippen molar-refractivity contribution in [2.75, 3.05) is 13.1 Å². The van der Waals surface area contributed by atoms with Crippen LogP contribution in [0.1, 0.15) is 24.1 Å². The first-order valence-electron chi connectivity index (χ1n) is 8.81. The summed E-state index contributed by atoms with van der Waals surface area (Å²) in [6.45, 7) is 5.99.